The summed E-state index contributed by atoms with van der Waals surface area (Å²) >= 11 is 0. The van der Waals surface area contributed by atoms with Crippen molar-refractivity contribution in [1.29, 1.82) is 0 Å². The van der Waals surface area contributed by atoms with Crippen LogP contribution in [0.4, 0.5) is 5.69 Å². The lowest BCUT2D eigenvalue weighted by Crippen LogP contribution is -2.42. The Bertz CT molecular complexity index is 498. The first-order valence-electron chi connectivity index (χ1n) is 7.01. The molecule has 1 saturated heterocycles. The van der Waals surface area contributed by atoms with Gasteiger partial charge < -0.3 is 20.1 Å². The number of carbonyl (C=O) groups is 2. The van der Waals surface area contributed by atoms with Gasteiger partial charge in [0.15, 0.2) is 6.61 Å². The van der Waals surface area contributed by atoms with Crippen LogP contribution in [0.5, 0.6) is 0 Å². The van der Waals surface area contributed by atoms with Gasteiger partial charge >= 0.3 is 5.97 Å². The first-order chi connectivity index (χ1) is 10.1. The number of nitrogens with two attached hydrogens (primary N) is 1. The van der Waals surface area contributed by atoms with E-state index in [0.29, 0.717) is 38.4 Å². The third kappa shape index (κ3) is 5.07. The number of ether oxygens (including phenoxy) is 2. The van der Waals surface area contributed by atoms with E-state index in [0.717, 1.165) is 5.56 Å². The van der Waals surface area contributed by atoms with Crippen molar-refractivity contribution in [2.24, 2.45) is 0 Å². The van der Waals surface area contributed by atoms with Crippen molar-refractivity contribution in [2.75, 3.05) is 38.6 Å². The highest BCUT2D eigenvalue weighted by atomic mass is 16.5. The van der Waals surface area contributed by atoms with E-state index in [2.05, 4.69) is 0 Å². The highest BCUT2D eigenvalue weighted by Gasteiger charge is 2.18. The van der Waals surface area contributed by atoms with E-state index < -0.39 is 0 Å². The number of amides is 1. The number of nitrogen functional groups attached to an aromatic ring is 1. The van der Waals surface area contributed by atoms with Gasteiger partial charge in [-0.05, 0) is 24.1 Å². The Kier molecular flexibility index (Phi) is 5.57. The van der Waals surface area contributed by atoms with Gasteiger partial charge in [0, 0.05) is 25.2 Å². The van der Waals surface area contributed by atoms with E-state index in [1.54, 1.807) is 11.0 Å². The number of hydrogen-bond acceptors (Lipinski definition) is 5. The van der Waals surface area contributed by atoms with Crippen molar-refractivity contribution < 1.29 is 19.1 Å². The van der Waals surface area contributed by atoms with E-state index in [1.807, 2.05) is 18.2 Å². The van der Waals surface area contributed by atoms with E-state index in [1.165, 1.54) is 0 Å². The summed E-state index contributed by atoms with van der Waals surface area (Å²) in [5.41, 5.74) is 7.32. The molecular weight excluding hydrogens is 272 g/mol. The highest BCUT2D eigenvalue weighted by Crippen LogP contribution is 2.09. The van der Waals surface area contributed by atoms with Gasteiger partial charge in [0.05, 0.1) is 13.2 Å². The van der Waals surface area contributed by atoms with Crippen LogP contribution in [0.2, 0.25) is 0 Å². The van der Waals surface area contributed by atoms with Crippen molar-refractivity contribution in [2.45, 2.75) is 12.8 Å². The number of morpholine rings is 1. The molecule has 1 aromatic carbocycles. The molecule has 6 heteroatoms. The second kappa shape index (κ2) is 7.64. The first-order valence-corrected chi connectivity index (χ1v) is 7.01. The Hall–Kier alpha value is -2.08. The summed E-state index contributed by atoms with van der Waals surface area (Å²) < 4.78 is 10.2. The zero-order valence-corrected chi connectivity index (χ0v) is 11.9. The SMILES string of the molecule is Nc1cccc(CCC(=O)OCC(=O)N2CCOCC2)c1. The molecule has 6 nitrogen and oxygen atoms in total. The van der Waals surface area contributed by atoms with Crippen LogP contribution in [0.1, 0.15) is 12.0 Å². The lowest BCUT2D eigenvalue weighted by Gasteiger charge is -2.26. The Labute approximate surface area is 123 Å². The van der Waals surface area contributed by atoms with Gasteiger partial charge in [-0.15, -0.1) is 0 Å². The molecule has 0 atom stereocenters. The third-order valence-electron chi connectivity index (χ3n) is 3.29. The largest absolute Gasteiger partial charge is 0.456 e. The molecule has 0 saturated carbocycles. The molecule has 21 heavy (non-hydrogen) atoms. The van der Waals surface area contributed by atoms with Crippen molar-refractivity contribution >= 4 is 17.6 Å². The van der Waals surface area contributed by atoms with Crippen LogP contribution >= 0.6 is 0 Å². The zero-order chi connectivity index (χ0) is 15.1. The van der Waals surface area contributed by atoms with E-state index >= 15 is 0 Å². The number of hydrogen-bond donors (Lipinski definition) is 1. The summed E-state index contributed by atoms with van der Waals surface area (Å²) in [5, 5.41) is 0. The monoisotopic (exact) mass is 292 g/mol. The number of rotatable bonds is 5. The number of carbonyl (C=O) groups excluding carboxylic acids is 2. The van der Waals surface area contributed by atoms with Crippen LogP contribution in [-0.2, 0) is 25.5 Å². The van der Waals surface area contributed by atoms with Crippen molar-refractivity contribution in [3.63, 3.8) is 0 Å². The molecule has 1 aromatic rings. The number of nitrogens with zero attached hydrogens (tertiary/aromatic N) is 1. The topological polar surface area (TPSA) is 81.9 Å². The minimum absolute atomic E-state index is 0.171. The lowest BCUT2D eigenvalue weighted by molar-refractivity contribution is -0.153. The molecular formula is C15H20N2O4. The van der Waals surface area contributed by atoms with Crippen LogP contribution in [0, 0.1) is 0 Å². The third-order valence-corrected chi connectivity index (χ3v) is 3.29. The summed E-state index contributed by atoms with van der Waals surface area (Å²) in [7, 11) is 0. The normalized spacial score (nSPS) is 14.8. The fourth-order valence-corrected chi connectivity index (χ4v) is 2.11. The van der Waals surface area contributed by atoms with Gasteiger partial charge in [-0.2, -0.15) is 0 Å². The fraction of sp³-hybridized carbons (Fsp3) is 0.467. The van der Waals surface area contributed by atoms with Gasteiger partial charge in [0.2, 0.25) is 0 Å². The first kappa shape index (κ1) is 15.3. The zero-order valence-electron chi connectivity index (χ0n) is 11.9. The molecule has 0 spiro atoms. The Morgan fingerprint density at radius 1 is 1.29 bits per heavy atom. The minimum Gasteiger partial charge on any atom is -0.456 e. The van der Waals surface area contributed by atoms with E-state index in [9.17, 15) is 9.59 Å². The minimum atomic E-state index is -0.376. The number of anilines is 1. The Morgan fingerprint density at radius 3 is 2.76 bits per heavy atom. The van der Waals surface area contributed by atoms with E-state index in [4.69, 9.17) is 15.2 Å². The number of esters is 1. The Morgan fingerprint density at radius 2 is 2.05 bits per heavy atom. The summed E-state index contributed by atoms with van der Waals surface area (Å²) in [4.78, 5) is 25.1. The van der Waals surface area contributed by atoms with Gasteiger partial charge in [0.25, 0.3) is 5.91 Å². The van der Waals surface area contributed by atoms with Gasteiger partial charge in [0.1, 0.15) is 0 Å². The molecule has 0 unspecified atom stereocenters. The maximum absolute atomic E-state index is 11.8. The standard InChI is InChI=1S/C15H20N2O4/c16-13-3-1-2-12(10-13)4-5-15(19)21-11-14(18)17-6-8-20-9-7-17/h1-3,10H,4-9,11,16H2. The second-order valence-corrected chi connectivity index (χ2v) is 4.90. The molecule has 0 radical (unpaired) electrons. The maximum atomic E-state index is 11.8. The number of benzene rings is 1. The molecule has 0 aliphatic carbocycles. The van der Waals surface area contributed by atoms with Crippen molar-refractivity contribution in [3.8, 4) is 0 Å². The summed E-state index contributed by atoms with van der Waals surface area (Å²) in [5.74, 6) is -0.547. The maximum Gasteiger partial charge on any atom is 0.306 e. The van der Waals surface area contributed by atoms with Crippen LogP contribution in [0.3, 0.4) is 0 Å². The molecule has 1 amide bonds. The average Bonchev–Trinajstić information content (AvgIpc) is 2.51. The predicted octanol–water partition coefficient (Wildman–Crippen LogP) is 0.603. The van der Waals surface area contributed by atoms with Crippen LogP contribution in [0.15, 0.2) is 24.3 Å². The van der Waals surface area contributed by atoms with Crippen LogP contribution < -0.4 is 5.73 Å². The average molecular weight is 292 g/mol. The van der Waals surface area contributed by atoms with Crippen LogP contribution in [0.25, 0.3) is 0 Å². The predicted molar refractivity (Wildman–Crippen MR) is 77.5 cm³/mol. The molecule has 1 heterocycles. The molecule has 2 N–H and O–H groups in total. The fourth-order valence-electron chi connectivity index (χ4n) is 2.11. The molecule has 114 valence electrons. The quantitative estimate of drug-likeness (QED) is 0.635. The molecule has 1 aliphatic rings. The molecule has 1 aliphatic heterocycles. The van der Waals surface area contributed by atoms with E-state index in [-0.39, 0.29) is 24.9 Å². The Balaban J connectivity index is 1.68. The molecule has 1 fully saturated rings. The summed E-state index contributed by atoms with van der Waals surface area (Å²) in [6.07, 6.45) is 0.787. The molecule has 2 rings (SSSR count). The van der Waals surface area contributed by atoms with Crippen molar-refractivity contribution in [3.05, 3.63) is 29.8 Å². The lowest BCUT2D eigenvalue weighted by atomic mass is 10.1. The summed E-state index contributed by atoms with van der Waals surface area (Å²) in [6.45, 7) is 1.99. The van der Waals surface area contributed by atoms with Gasteiger partial charge in [-0.1, -0.05) is 12.1 Å². The smallest absolute Gasteiger partial charge is 0.306 e. The summed E-state index contributed by atoms with van der Waals surface area (Å²) in [6, 6.07) is 7.37. The highest BCUT2D eigenvalue weighted by molar-refractivity contribution is 5.80. The van der Waals surface area contributed by atoms with Crippen molar-refractivity contribution in [1.82, 2.24) is 4.90 Å². The number of aryl methyl sites for hydroxylation is 1. The molecule has 0 bridgehead atoms. The van der Waals surface area contributed by atoms with Gasteiger partial charge in [-0.3, -0.25) is 9.59 Å². The van der Waals surface area contributed by atoms with Crippen LogP contribution in [-0.4, -0.2) is 49.7 Å². The van der Waals surface area contributed by atoms with Gasteiger partial charge in [-0.25, -0.2) is 0 Å². The molecule has 0 aromatic heterocycles. The second-order valence-electron chi connectivity index (χ2n) is 4.90.